The first-order valence-electron chi connectivity index (χ1n) is 11.5. The van der Waals surface area contributed by atoms with Gasteiger partial charge in [-0.1, -0.05) is 12.1 Å². The summed E-state index contributed by atoms with van der Waals surface area (Å²) in [5.41, 5.74) is 8.05. The number of hydrogen-bond acceptors (Lipinski definition) is 8. The van der Waals surface area contributed by atoms with Crippen LogP contribution in [0.2, 0.25) is 0 Å². The Hall–Kier alpha value is -3.24. The molecule has 0 saturated heterocycles. The van der Waals surface area contributed by atoms with Crippen LogP contribution in [-0.2, 0) is 16.8 Å². The Morgan fingerprint density at radius 1 is 1.29 bits per heavy atom. The number of carbonyl (C=O) groups is 1. The number of nitrogens with one attached hydrogen (secondary N) is 1. The lowest BCUT2D eigenvalue weighted by molar-refractivity contribution is -0.123. The van der Waals surface area contributed by atoms with Crippen LogP contribution >= 0.6 is 0 Å². The van der Waals surface area contributed by atoms with E-state index >= 15 is 0 Å². The third-order valence-electron chi connectivity index (χ3n) is 7.51. The number of rotatable bonds is 8. The van der Waals surface area contributed by atoms with Gasteiger partial charge in [0.1, 0.15) is 12.1 Å². The molecule has 0 unspecified atom stereocenters. The molecule has 10 heteroatoms. The van der Waals surface area contributed by atoms with Gasteiger partial charge in [0.2, 0.25) is 5.91 Å². The molecule has 10 nitrogen and oxygen atoms in total. The molecule has 180 valence electrons. The fourth-order valence-corrected chi connectivity index (χ4v) is 5.71. The van der Waals surface area contributed by atoms with Crippen molar-refractivity contribution in [3.8, 4) is 5.75 Å². The van der Waals surface area contributed by atoms with Gasteiger partial charge in [0.15, 0.2) is 17.0 Å². The van der Waals surface area contributed by atoms with E-state index in [4.69, 9.17) is 10.5 Å². The van der Waals surface area contributed by atoms with E-state index in [1.54, 1.807) is 19.8 Å². The summed E-state index contributed by atoms with van der Waals surface area (Å²) in [6.45, 7) is 0.0442. The molecule has 2 fully saturated rings. The monoisotopic (exact) mass is 465 g/mol. The Labute approximate surface area is 198 Å². The highest BCUT2D eigenvalue weighted by Crippen LogP contribution is 2.71. The van der Waals surface area contributed by atoms with Gasteiger partial charge in [0, 0.05) is 25.6 Å². The Kier molecular flexibility index (Phi) is 5.44. The fourth-order valence-electron chi connectivity index (χ4n) is 5.71. The third-order valence-corrected chi connectivity index (χ3v) is 7.51. The lowest BCUT2D eigenvalue weighted by Crippen LogP contribution is -2.46. The van der Waals surface area contributed by atoms with Crippen LogP contribution in [0, 0.1) is 5.41 Å². The third kappa shape index (κ3) is 3.48. The number of aromatic nitrogens is 4. The lowest BCUT2D eigenvalue weighted by atomic mass is 10.0. The van der Waals surface area contributed by atoms with E-state index in [-0.39, 0.29) is 29.5 Å². The molecule has 0 radical (unpaired) electrons. The molecule has 2 aliphatic carbocycles. The number of anilines is 1. The van der Waals surface area contributed by atoms with Gasteiger partial charge < -0.3 is 30.4 Å². The summed E-state index contributed by atoms with van der Waals surface area (Å²) in [5.74, 6) is 1.34. The van der Waals surface area contributed by atoms with E-state index in [1.165, 1.54) is 0 Å². The van der Waals surface area contributed by atoms with Gasteiger partial charge in [-0.05, 0) is 43.4 Å². The van der Waals surface area contributed by atoms with Crippen molar-refractivity contribution in [3.05, 3.63) is 42.5 Å². The van der Waals surface area contributed by atoms with Crippen molar-refractivity contribution in [2.24, 2.45) is 11.1 Å². The maximum absolute atomic E-state index is 12.9. The summed E-state index contributed by atoms with van der Waals surface area (Å²) in [6.07, 6.45) is 5.99. The molecule has 2 aliphatic rings. The average molecular weight is 466 g/mol. The van der Waals surface area contributed by atoms with Crippen LogP contribution in [0.15, 0.2) is 36.9 Å². The van der Waals surface area contributed by atoms with Gasteiger partial charge in [-0.15, -0.1) is 0 Å². The Balaban J connectivity index is 1.32. The predicted octanol–water partition coefficient (Wildman–Crippen LogP) is 0.827. The molecule has 34 heavy (non-hydrogen) atoms. The Bertz CT molecular complexity index is 1210. The first kappa shape index (κ1) is 22.5. The highest BCUT2D eigenvalue weighted by atomic mass is 16.5. The van der Waals surface area contributed by atoms with Crippen LogP contribution in [0.25, 0.3) is 11.2 Å². The molecule has 2 aromatic heterocycles. The van der Waals surface area contributed by atoms with E-state index in [9.17, 15) is 9.90 Å². The number of hydrogen-bond donors (Lipinski definition) is 3. The number of benzene rings is 1. The van der Waals surface area contributed by atoms with Crippen LogP contribution in [0.3, 0.4) is 0 Å². The summed E-state index contributed by atoms with van der Waals surface area (Å²) < 4.78 is 7.26. The molecule has 5 rings (SSSR count). The number of amides is 1. The number of methoxy groups -OCH3 is 1. The van der Waals surface area contributed by atoms with Crippen LogP contribution in [-0.4, -0.2) is 70.4 Å². The van der Waals surface area contributed by atoms with Gasteiger partial charge in [0.25, 0.3) is 0 Å². The number of imidazole rings is 1. The van der Waals surface area contributed by atoms with Crippen molar-refractivity contribution >= 4 is 22.9 Å². The summed E-state index contributed by atoms with van der Waals surface area (Å²) in [5, 5.41) is 13.5. The molecule has 0 bridgehead atoms. The van der Waals surface area contributed by atoms with Crippen molar-refractivity contribution < 1.29 is 14.6 Å². The molecule has 4 N–H and O–H groups in total. The van der Waals surface area contributed by atoms with Crippen LogP contribution in [0.1, 0.15) is 24.8 Å². The zero-order valence-corrected chi connectivity index (χ0v) is 19.7. The first-order valence-corrected chi connectivity index (χ1v) is 11.5. The van der Waals surface area contributed by atoms with Gasteiger partial charge in [-0.3, -0.25) is 4.79 Å². The minimum absolute atomic E-state index is 0.0442. The van der Waals surface area contributed by atoms with Crippen molar-refractivity contribution in [2.75, 3.05) is 32.7 Å². The molecular formula is C24H31N7O3. The quantitative estimate of drug-likeness (QED) is 0.446. The van der Waals surface area contributed by atoms with Crippen LogP contribution < -0.4 is 20.7 Å². The number of aliphatic hydroxyl groups is 1. The highest BCUT2D eigenvalue weighted by molar-refractivity contribution is 5.84. The molecule has 0 aliphatic heterocycles. The van der Waals surface area contributed by atoms with Crippen LogP contribution in [0.4, 0.5) is 5.82 Å². The smallest absolute Gasteiger partial charge is 0.237 e. The van der Waals surface area contributed by atoms with E-state index in [2.05, 4.69) is 24.8 Å². The Morgan fingerprint density at radius 2 is 2.06 bits per heavy atom. The number of fused-ring (bicyclic) bond motifs is 2. The van der Waals surface area contributed by atoms with Gasteiger partial charge in [-0.2, -0.15) is 0 Å². The molecular weight excluding hydrogens is 434 g/mol. The minimum Gasteiger partial charge on any atom is -0.497 e. The molecule has 4 atom stereocenters. The number of ether oxygens (including phenoxy) is 1. The number of aliphatic hydroxyl groups excluding tert-OH is 1. The summed E-state index contributed by atoms with van der Waals surface area (Å²) >= 11 is 0. The van der Waals surface area contributed by atoms with Crippen molar-refractivity contribution in [2.45, 2.75) is 43.3 Å². The van der Waals surface area contributed by atoms with Crippen molar-refractivity contribution in [3.63, 3.8) is 0 Å². The minimum atomic E-state index is -0.657. The predicted molar refractivity (Wildman–Crippen MR) is 128 cm³/mol. The SMILES string of the molecule is COc1ccc(C[C@H](N)C(=O)N[C@@H]2C[C@]3(CO)C[C@]3(n3cnc4c(N(C)C)ncnc43)C2)cc1. The second kappa shape index (κ2) is 8.21. The van der Waals surface area contributed by atoms with Crippen molar-refractivity contribution in [1.29, 1.82) is 0 Å². The van der Waals surface area contributed by atoms with E-state index in [0.29, 0.717) is 19.3 Å². The average Bonchev–Trinajstić information content (AvgIpc) is 3.12. The topological polar surface area (TPSA) is 131 Å². The number of nitrogens with zero attached hydrogens (tertiary/aromatic N) is 5. The number of carbonyl (C=O) groups excluding carboxylic acids is 1. The molecule has 1 amide bonds. The van der Waals surface area contributed by atoms with E-state index in [1.807, 2.05) is 43.3 Å². The molecule has 3 aromatic rings. The normalized spacial score (nSPS) is 26.2. The molecule has 2 saturated carbocycles. The largest absolute Gasteiger partial charge is 0.497 e. The maximum Gasteiger partial charge on any atom is 0.237 e. The lowest BCUT2D eigenvalue weighted by Gasteiger charge is -2.21. The zero-order valence-electron chi connectivity index (χ0n) is 19.7. The summed E-state index contributed by atoms with van der Waals surface area (Å²) in [4.78, 5) is 28.3. The standard InChI is InChI=1S/C24H31N7O3/c1-30(2)20-19-21(27-13-26-20)31(14-28-19)24-10-16(9-23(24,11-24)12-32)29-22(33)18(25)8-15-4-6-17(34-3)7-5-15/h4-7,13-14,16,18,32H,8-12,25H2,1-3H3,(H,29,33)/t16-,18+,23-,24-/m1/s1. The summed E-state index contributed by atoms with van der Waals surface area (Å²) in [7, 11) is 5.46. The van der Waals surface area contributed by atoms with E-state index < -0.39 is 6.04 Å². The molecule has 1 aromatic carbocycles. The maximum atomic E-state index is 12.9. The van der Waals surface area contributed by atoms with Gasteiger partial charge >= 0.3 is 0 Å². The van der Waals surface area contributed by atoms with Crippen molar-refractivity contribution in [1.82, 2.24) is 24.8 Å². The second-order valence-electron chi connectivity index (χ2n) is 9.80. The number of nitrogens with two attached hydrogens (primary N) is 1. The molecule has 0 spiro atoms. The van der Waals surface area contributed by atoms with Crippen LogP contribution in [0.5, 0.6) is 5.75 Å². The molecule has 2 heterocycles. The first-order chi connectivity index (χ1) is 16.3. The summed E-state index contributed by atoms with van der Waals surface area (Å²) in [6, 6.07) is 6.82. The highest BCUT2D eigenvalue weighted by Gasteiger charge is 2.73. The fraction of sp³-hybridized carbons (Fsp3) is 0.500. The second-order valence-corrected chi connectivity index (χ2v) is 9.80. The zero-order chi connectivity index (χ0) is 24.1. The van der Waals surface area contributed by atoms with Gasteiger partial charge in [0.05, 0.1) is 31.6 Å². The van der Waals surface area contributed by atoms with E-state index in [0.717, 1.165) is 34.7 Å². The Morgan fingerprint density at radius 3 is 2.74 bits per heavy atom. The van der Waals surface area contributed by atoms with Gasteiger partial charge in [-0.25, -0.2) is 15.0 Å².